The van der Waals surface area contributed by atoms with Crippen LogP contribution in [0, 0.1) is 0 Å². The van der Waals surface area contributed by atoms with Crippen molar-refractivity contribution >= 4 is 5.97 Å². The van der Waals surface area contributed by atoms with E-state index in [9.17, 15) is 9.90 Å². The molecule has 0 aromatic heterocycles. The van der Waals surface area contributed by atoms with E-state index in [1.54, 1.807) is 12.1 Å². The zero-order valence-corrected chi connectivity index (χ0v) is 7.53. The number of benzene rings is 1. The Morgan fingerprint density at radius 2 is 2.29 bits per heavy atom. The predicted molar refractivity (Wildman–Crippen MR) is 50.2 cm³/mol. The molecule has 1 unspecified atom stereocenters. The smallest absolute Gasteiger partial charge is 0.312 e. The first-order valence-corrected chi connectivity index (χ1v) is 4.44. The molecule has 0 spiro atoms. The second kappa shape index (κ2) is 3.31. The Labute approximate surface area is 81.2 Å². The number of rotatable bonds is 1. The second-order valence-corrected chi connectivity index (χ2v) is 3.40. The van der Waals surface area contributed by atoms with E-state index in [4.69, 9.17) is 5.11 Å². The molecule has 3 N–H and O–H groups in total. The van der Waals surface area contributed by atoms with Gasteiger partial charge in [-0.25, -0.2) is 0 Å². The molecule has 0 saturated heterocycles. The second-order valence-electron chi connectivity index (χ2n) is 3.40. The molecule has 0 radical (unpaired) electrons. The number of carboxylic acid groups (broad SMARTS) is 1. The lowest BCUT2D eigenvalue weighted by molar-refractivity contribution is -0.138. The van der Waals surface area contributed by atoms with Gasteiger partial charge in [0.25, 0.3) is 0 Å². The van der Waals surface area contributed by atoms with Gasteiger partial charge in [0.1, 0.15) is 5.75 Å². The van der Waals surface area contributed by atoms with Crippen LogP contribution in [0.5, 0.6) is 5.75 Å². The summed E-state index contributed by atoms with van der Waals surface area (Å²) in [6.45, 7) is 1.09. The number of phenols is 1. The highest BCUT2D eigenvalue weighted by atomic mass is 16.4. The first-order valence-electron chi connectivity index (χ1n) is 4.44. The fourth-order valence-electron chi connectivity index (χ4n) is 1.75. The van der Waals surface area contributed by atoms with E-state index in [1.165, 1.54) is 6.07 Å². The topological polar surface area (TPSA) is 69.6 Å². The molecular weight excluding hydrogens is 182 g/mol. The molecule has 1 atom stereocenters. The third kappa shape index (κ3) is 1.44. The van der Waals surface area contributed by atoms with Gasteiger partial charge in [-0.05, 0) is 23.3 Å². The summed E-state index contributed by atoms with van der Waals surface area (Å²) in [4.78, 5) is 10.9. The zero-order valence-electron chi connectivity index (χ0n) is 7.53. The number of hydrogen-bond acceptors (Lipinski definition) is 3. The molecule has 4 heteroatoms. The van der Waals surface area contributed by atoms with Gasteiger partial charge in [0.05, 0.1) is 5.92 Å². The van der Waals surface area contributed by atoms with Gasteiger partial charge in [0.2, 0.25) is 0 Å². The van der Waals surface area contributed by atoms with Crippen LogP contribution in [-0.4, -0.2) is 22.7 Å². The Bertz CT molecular complexity index is 376. The van der Waals surface area contributed by atoms with Crippen LogP contribution in [0.25, 0.3) is 0 Å². The Morgan fingerprint density at radius 1 is 1.50 bits per heavy atom. The lowest BCUT2D eigenvalue weighted by atomic mass is 9.91. The van der Waals surface area contributed by atoms with Gasteiger partial charge in [-0.3, -0.25) is 4.79 Å². The van der Waals surface area contributed by atoms with Crippen molar-refractivity contribution < 1.29 is 15.0 Å². The molecule has 0 aliphatic carbocycles. The van der Waals surface area contributed by atoms with Gasteiger partial charge in [0.15, 0.2) is 0 Å². The van der Waals surface area contributed by atoms with Gasteiger partial charge < -0.3 is 15.5 Å². The minimum Gasteiger partial charge on any atom is -0.508 e. The van der Waals surface area contributed by atoms with Crippen LogP contribution in [0.3, 0.4) is 0 Å². The fourth-order valence-corrected chi connectivity index (χ4v) is 1.75. The highest BCUT2D eigenvalue weighted by Crippen LogP contribution is 2.27. The number of phenolic OH excluding ortho intramolecular Hbond substituents is 1. The Hall–Kier alpha value is -1.55. The van der Waals surface area contributed by atoms with Crippen LogP contribution in [0.2, 0.25) is 0 Å². The summed E-state index contributed by atoms with van der Waals surface area (Å²) in [6.07, 6.45) is 0. The van der Waals surface area contributed by atoms with E-state index < -0.39 is 11.9 Å². The number of carbonyl (C=O) groups is 1. The fraction of sp³-hybridized carbons (Fsp3) is 0.300. The largest absolute Gasteiger partial charge is 0.508 e. The normalized spacial score (nSPS) is 20.1. The molecule has 0 saturated carbocycles. The molecule has 1 aromatic rings. The van der Waals surface area contributed by atoms with Gasteiger partial charge in [-0.2, -0.15) is 0 Å². The molecular formula is C10H11NO3. The van der Waals surface area contributed by atoms with Crippen molar-refractivity contribution in [1.29, 1.82) is 0 Å². The van der Waals surface area contributed by atoms with E-state index in [1.807, 2.05) is 0 Å². The standard InChI is InChI=1S/C10H11NO3/c12-7-2-1-6-4-11-5-9(10(13)14)8(6)3-7/h1-3,9,11-12H,4-5H2,(H,13,14). The molecule has 4 nitrogen and oxygen atoms in total. The lowest BCUT2D eigenvalue weighted by Crippen LogP contribution is -2.32. The third-order valence-corrected chi connectivity index (χ3v) is 2.47. The average Bonchev–Trinajstić information content (AvgIpc) is 2.16. The number of nitrogens with one attached hydrogen (secondary N) is 1. The molecule has 1 aliphatic rings. The van der Waals surface area contributed by atoms with Crippen LogP contribution >= 0.6 is 0 Å². The summed E-state index contributed by atoms with van der Waals surface area (Å²) in [5.74, 6) is -1.29. The minimum atomic E-state index is -0.857. The molecule has 0 amide bonds. The van der Waals surface area contributed by atoms with Crippen molar-refractivity contribution in [2.24, 2.45) is 0 Å². The number of hydrogen-bond donors (Lipinski definition) is 3. The molecule has 0 fully saturated rings. The van der Waals surface area contributed by atoms with Crippen LogP contribution in [0.4, 0.5) is 0 Å². The number of carboxylic acids is 1. The van der Waals surface area contributed by atoms with Crippen LogP contribution in [-0.2, 0) is 11.3 Å². The lowest BCUT2D eigenvalue weighted by Gasteiger charge is -2.23. The Kier molecular flexibility index (Phi) is 2.13. The molecule has 74 valence electrons. The monoisotopic (exact) mass is 193 g/mol. The van der Waals surface area contributed by atoms with E-state index >= 15 is 0 Å². The number of aromatic hydroxyl groups is 1. The summed E-state index contributed by atoms with van der Waals surface area (Å²) < 4.78 is 0. The number of fused-ring (bicyclic) bond motifs is 1. The molecule has 1 heterocycles. The third-order valence-electron chi connectivity index (χ3n) is 2.47. The van der Waals surface area contributed by atoms with Gasteiger partial charge in [0, 0.05) is 13.1 Å². The van der Waals surface area contributed by atoms with Gasteiger partial charge in [-0.1, -0.05) is 6.07 Å². The van der Waals surface area contributed by atoms with E-state index in [2.05, 4.69) is 5.32 Å². The van der Waals surface area contributed by atoms with Crippen molar-refractivity contribution in [2.75, 3.05) is 6.54 Å². The first kappa shape index (κ1) is 9.02. The van der Waals surface area contributed by atoms with Gasteiger partial charge in [-0.15, -0.1) is 0 Å². The number of aliphatic carboxylic acids is 1. The van der Waals surface area contributed by atoms with Crippen LogP contribution < -0.4 is 5.32 Å². The Morgan fingerprint density at radius 3 is 3.00 bits per heavy atom. The Balaban J connectivity index is 2.46. The van der Waals surface area contributed by atoms with E-state index in [0.717, 1.165) is 11.1 Å². The van der Waals surface area contributed by atoms with Crippen molar-refractivity contribution in [3.63, 3.8) is 0 Å². The highest BCUT2D eigenvalue weighted by molar-refractivity contribution is 5.77. The van der Waals surface area contributed by atoms with Crippen LogP contribution in [0.15, 0.2) is 18.2 Å². The van der Waals surface area contributed by atoms with Crippen molar-refractivity contribution in [1.82, 2.24) is 5.32 Å². The van der Waals surface area contributed by atoms with Crippen molar-refractivity contribution in [2.45, 2.75) is 12.5 Å². The van der Waals surface area contributed by atoms with Crippen LogP contribution in [0.1, 0.15) is 17.0 Å². The molecule has 0 bridgehead atoms. The highest BCUT2D eigenvalue weighted by Gasteiger charge is 2.25. The summed E-state index contributed by atoms with van der Waals surface area (Å²) in [7, 11) is 0. The molecule has 1 aromatic carbocycles. The van der Waals surface area contributed by atoms with Crippen molar-refractivity contribution in [3.05, 3.63) is 29.3 Å². The summed E-state index contributed by atoms with van der Waals surface area (Å²) >= 11 is 0. The first-order chi connectivity index (χ1) is 6.68. The minimum absolute atomic E-state index is 0.122. The average molecular weight is 193 g/mol. The van der Waals surface area contributed by atoms with E-state index in [0.29, 0.717) is 13.1 Å². The maximum atomic E-state index is 10.9. The molecule has 2 rings (SSSR count). The summed E-state index contributed by atoms with van der Waals surface area (Å²) in [5, 5.41) is 21.3. The predicted octanol–water partition coefficient (Wildman–Crippen LogP) is 0.664. The maximum absolute atomic E-state index is 10.9. The summed E-state index contributed by atoms with van der Waals surface area (Å²) in [5.41, 5.74) is 1.66. The molecule has 14 heavy (non-hydrogen) atoms. The SMILES string of the molecule is O=C(O)C1CNCc2ccc(O)cc21. The summed E-state index contributed by atoms with van der Waals surface area (Å²) in [6, 6.07) is 4.87. The zero-order chi connectivity index (χ0) is 10.1. The van der Waals surface area contributed by atoms with E-state index in [-0.39, 0.29) is 5.75 Å². The van der Waals surface area contributed by atoms with Crippen molar-refractivity contribution in [3.8, 4) is 5.75 Å². The maximum Gasteiger partial charge on any atom is 0.312 e. The van der Waals surface area contributed by atoms with Gasteiger partial charge >= 0.3 is 5.97 Å². The quantitative estimate of drug-likeness (QED) is 0.613. The molecule has 1 aliphatic heterocycles.